The van der Waals surface area contributed by atoms with Crippen molar-refractivity contribution in [2.24, 2.45) is 0 Å². The van der Waals surface area contributed by atoms with Crippen LogP contribution in [0.4, 0.5) is 0 Å². The third-order valence-electron chi connectivity index (χ3n) is 10.2. The summed E-state index contributed by atoms with van der Waals surface area (Å²) in [6, 6.07) is 68.1. The van der Waals surface area contributed by atoms with Gasteiger partial charge in [0.15, 0.2) is 0 Å². The topological polar surface area (TPSA) is 17.8 Å². The highest BCUT2D eigenvalue weighted by Gasteiger charge is 2.16. The van der Waals surface area contributed by atoms with Gasteiger partial charge in [-0.05, 0) is 98.1 Å². The van der Waals surface area contributed by atoms with E-state index in [1.807, 2.05) is 6.20 Å². The second kappa shape index (κ2) is 12.0. The van der Waals surface area contributed by atoms with Crippen LogP contribution in [0.2, 0.25) is 0 Å². The maximum atomic E-state index is 4.81. The van der Waals surface area contributed by atoms with Gasteiger partial charge in [-0.15, -0.1) is 0 Å². The zero-order chi connectivity index (χ0) is 33.7. The quantitative estimate of drug-likeness (QED) is 0.182. The summed E-state index contributed by atoms with van der Waals surface area (Å²) in [5.41, 5.74) is 12.8. The van der Waals surface area contributed by atoms with Gasteiger partial charge < -0.3 is 4.57 Å². The van der Waals surface area contributed by atoms with Gasteiger partial charge in [0.25, 0.3) is 0 Å². The van der Waals surface area contributed by atoms with Crippen LogP contribution in [-0.2, 0) is 0 Å². The molecule has 51 heavy (non-hydrogen) atoms. The van der Waals surface area contributed by atoms with Gasteiger partial charge in [0, 0.05) is 33.6 Å². The van der Waals surface area contributed by atoms with Crippen LogP contribution in [0.15, 0.2) is 194 Å². The largest absolute Gasteiger partial charge is 0.309 e. The first kappa shape index (κ1) is 29.2. The van der Waals surface area contributed by atoms with E-state index >= 15 is 0 Å². The van der Waals surface area contributed by atoms with Crippen molar-refractivity contribution in [3.05, 3.63) is 194 Å². The lowest BCUT2D eigenvalue weighted by Crippen LogP contribution is -1.96. The Labute approximate surface area is 296 Å². The minimum Gasteiger partial charge on any atom is -0.309 e. The summed E-state index contributed by atoms with van der Waals surface area (Å²) in [6.45, 7) is 0. The van der Waals surface area contributed by atoms with E-state index in [1.165, 1.54) is 65.8 Å². The molecule has 0 aliphatic rings. The van der Waals surface area contributed by atoms with E-state index in [0.717, 1.165) is 27.9 Å². The molecule has 10 aromatic rings. The highest BCUT2D eigenvalue weighted by molar-refractivity contribution is 6.09. The Hall–Kier alpha value is -6.77. The SMILES string of the molecule is c1cc(-c2cccc(-c3nccc4ccccc34)c2)cc(-c2cc(-c3cccc4ccccc34)cc(-n3c4ccccc4c4ccccc43)c2)c1. The molecular formula is C49H32N2. The lowest BCUT2D eigenvalue weighted by molar-refractivity contribution is 1.18. The summed E-state index contributed by atoms with van der Waals surface area (Å²) < 4.78 is 2.42. The van der Waals surface area contributed by atoms with Crippen molar-refractivity contribution in [2.75, 3.05) is 0 Å². The molecule has 8 aromatic carbocycles. The summed E-state index contributed by atoms with van der Waals surface area (Å²) in [7, 11) is 0. The fraction of sp³-hybridized carbons (Fsp3) is 0. The van der Waals surface area contributed by atoms with Crippen LogP contribution in [0, 0.1) is 0 Å². The summed E-state index contributed by atoms with van der Waals surface area (Å²) in [6.07, 6.45) is 1.91. The van der Waals surface area contributed by atoms with E-state index in [-0.39, 0.29) is 0 Å². The van der Waals surface area contributed by atoms with Crippen molar-refractivity contribution in [1.82, 2.24) is 9.55 Å². The molecule has 2 nitrogen and oxygen atoms in total. The van der Waals surface area contributed by atoms with E-state index in [0.29, 0.717) is 0 Å². The van der Waals surface area contributed by atoms with E-state index in [9.17, 15) is 0 Å². The maximum absolute atomic E-state index is 4.81. The Bertz CT molecular complexity index is 2870. The van der Waals surface area contributed by atoms with Crippen LogP contribution in [0.25, 0.3) is 93.7 Å². The molecule has 238 valence electrons. The van der Waals surface area contributed by atoms with Crippen LogP contribution >= 0.6 is 0 Å². The number of hydrogen-bond acceptors (Lipinski definition) is 1. The lowest BCUT2D eigenvalue weighted by Gasteiger charge is -2.16. The number of nitrogens with zero attached hydrogens (tertiary/aromatic N) is 2. The molecule has 0 radical (unpaired) electrons. The van der Waals surface area contributed by atoms with Crippen LogP contribution in [0.1, 0.15) is 0 Å². The molecule has 0 saturated heterocycles. The average molecular weight is 649 g/mol. The Morgan fingerprint density at radius 2 is 0.824 bits per heavy atom. The third-order valence-corrected chi connectivity index (χ3v) is 10.2. The highest BCUT2D eigenvalue weighted by Crippen LogP contribution is 2.39. The number of aromatic nitrogens is 2. The minimum atomic E-state index is 1.00. The minimum absolute atomic E-state index is 1.00. The first-order chi connectivity index (χ1) is 25.3. The number of hydrogen-bond donors (Lipinski definition) is 0. The Balaban J connectivity index is 1.17. The van der Waals surface area contributed by atoms with Crippen LogP contribution in [0.5, 0.6) is 0 Å². The molecule has 0 spiro atoms. The summed E-state index contributed by atoms with van der Waals surface area (Å²) in [5.74, 6) is 0. The number of rotatable bonds is 5. The average Bonchev–Trinajstić information content (AvgIpc) is 3.55. The predicted octanol–water partition coefficient (Wildman–Crippen LogP) is 13.2. The number of para-hydroxylation sites is 2. The van der Waals surface area contributed by atoms with Crippen LogP contribution in [0.3, 0.4) is 0 Å². The summed E-state index contributed by atoms with van der Waals surface area (Å²) in [4.78, 5) is 4.81. The second-order valence-electron chi connectivity index (χ2n) is 13.2. The molecular weight excluding hydrogens is 617 g/mol. The van der Waals surface area contributed by atoms with E-state index < -0.39 is 0 Å². The van der Waals surface area contributed by atoms with Crippen molar-refractivity contribution < 1.29 is 0 Å². The molecule has 2 heterocycles. The third kappa shape index (κ3) is 5.00. The second-order valence-corrected chi connectivity index (χ2v) is 13.2. The molecule has 2 aromatic heterocycles. The summed E-state index contributed by atoms with van der Waals surface area (Å²) in [5, 5.41) is 7.36. The molecule has 2 heteroatoms. The monoisotopic (exact) mass is 648 g/mol. The highest BCUT2D eigenvalue weighted by atomic mass is 15.0. The number of pyridine rings is 1. The van der Waals surface area contributed by atoms with Gasteiger partial charge in [-0.2, -0.15) is 0 Å². The van der Waals surface area contributed by atoms with Gasteiger partial charge in [0.2, 0.25) is 0 Å². The van der Waals surface area contributed by atoms with Gasteiger partial charge >= 0.3 is 0 Å². The molecule has 0 atom stereocenters. The molecule has 10 rings (SSSR count). The van der Waals surface area contributed by atoms with E-state index in [1.54, 1.807) is 0 Å². The smallest absolute Gasteiger partial charge is 0.0780 e. The fourth-order valence-corrected chi connectivity index (χ4v) is 7.81. The zero-order valence-electron chi connectivity index (χ0n) is 27.9. The fourth-order valence-electron chi connectivity index (χ4n) is 7.81. The van der Waals surface area contributed by atoms with Crippen molar-refractivity contribution in [3.63, 3.8) is 0 Å². The molecule has 0 saturated carbocycles. The van der Waals surface area contributed by atoms with Crippen molar-refractivity contribution in [3.8, 4) is 50.3 Å². The molecule has 0 aliphatic heterocycles. The van der Waals surface area contributed by atoms with Crippen LogP contribution in [-0.4, -0.2) is 9.55 Å². The lowest BCUT2D eigenvalue weighted by atomic mass is 9.93. The van der Waals surface area contributed by atoms with Gasteiger partial charge in [-0.3, -0.25) is 4.98 Å². The van der Waals surface area contributed by atoms with Crippen LogP contribution < -0.4 is 0 Å². The van der Waals surface area contributed by atoms with Crippen molar-refractivity contribution >= 4 is 43.4 Å². The number of fused-ring (bicyclic) bond motifs is 5. The molecule has 0 bridgehead atoms. The van der Waals surface area contributed by atoms with E-state index in [4.69, 9.17) is 4.98 Å². The first-order valence-electron chi connectivity index (χ1n) is 17.5. The Kier molecular flexibility index (Phi) is 6.85. The summed E-state index contributed by atoms with van der Waals surface area (Å²) >= 11 is 0. The normalized spacial score (nSPS) is 11.5. The van der Waals surface area contributed by atoms with Gasteiger partial charge in [-0.25, -0.2) is 0 Å². The molecule has 0 unspecified atom stereocenters. The Morgan fingerprint density at radius 3 is 1.55 bits per heavy atom. The Morgan fingerprint density at radius 1 is 0.333 bits per heavy atom. The van der Waals surface area contributed by atoms with Gasteiger partial charge in [-0.1, -0.05) is 140 Å². The molecule has 0 aliphatic carbocycles. The molecule has 0 fully saturated rings. The van der Waals surface area contributed by atoms with Crippen molar-refractivity contribution in [2.45, 2.75) is 0 Å². The first-order valence-corrected chi connectivity index (χ1v) is 17.5. The zero-order valence-corrected chi connectivity index (χ0v) is 27.9. The predicted molar refractivity (Wildman–Crippen MR) is 215 cm³/mol. The van der Waals surface area contributed by atoms with E-state index in [2.05, 4.69) is 193 Å². The standard InChI is InChI=1S/C49H32N2/c1-3-19-42-33(12-1)14-11-23-43(42)40-30-39(31-41(32-40)51-47-24-7-5-21-45(47)46-22-6-8-25-48(46)51)37-17-9-15-35(28-37)36-16-10-18-38(29-36)49-44-20-4-2-13-34(44)26-27-50-49/h1-32H. The molecule has 0 N–H and O–H groups in total. The van der Waals surface area contributed by atoms with Gasteiger partial charge in [0.05, 0.1) is 16.7 Å². The van der Waals surface area contributed by atoms with Gasteiger partial charge in [0.1, 0.15) is 0 Å². The maximum Gasteiger partial charge on any atom is 0.0780 e. The van der Waals surface area contributed by atoms with Crippen molar-refractivity contribution in [1.29, 1.82) is 0 Å². The number of benzene rings is 8. The molecule has 0 amide bonds.